The van der Waals surface area contributed by atoms with Crippen LogP contribution in [0.5, 0.6) is 11.5 Å². The molecule has 0 bridgehead atoms. The Morgan fingerprint density at radius 1 is 0.474 bits per heavy atom. The Hall–Kier alpha value is -9.61. The summed E-state index contributed by atoms with van der Waals surface area (Å²) in [7, 11) is 0. The number of carbonyl (C=O) groups excluding carboxylic acids is 7. The SMILES string of the molecule is N[C@@H](CC(=O)OCc1ccccc1)C(=O)Nc1cccc(C(=O)N[C@@H](Cc2ccc(OCc3ccccc3)cc2)C(=O)Nc2ccccc2OCC(=O)N[C@@H](CCC(=O)OCc2ccccc2)C(=O)OCc2ccccc2)c1. The van der Waals surface area contributed by atoms with E-state index in [-0.39, 0.29) is 68.2 Å². The predicted octanol–water partition coefficient (Wildman–Crippen LogP) is 7.78. The molecule has 0 aliphatic carbocycles. The van der Waals surface area contributed by atoms with Crippen LogP contribution in [-0.4, -0.2) is 66.3 Å². The summed E-state index contributed by atoms with van der Waals surface area (Å²) in [6.45, 7) is -0.280. The predicted molar refractivity (Wildman–Crippen MR) is 290 cm³/mol. The molecule has 6 N–H and O–H groups in total. The first-order chi connectivity index (χ1) is 37.9. The molecule has 17 nitrogen and oxygen atoms in total. The summed E-state index contributed by atoms with van der Waals surface area (Å²) in [5.74, 6) is -4.06. The molecule has 0 unspecified atom stereocenters. The van der Waals surface area contributed by atoms with E-state index in [1.807, 2.05) is 84.9 Å². The molecule has 0 saturated heterocycles. The van der Waals surface area contributed by atoms with Gasteiger partial charge < -0.3 is 50.7 Å². The summed E-state index contributed by atoms with van der Waals surface area (Å²) in [5, 5.41) is 10.9. The molecule has 0 radical (unpaired) electrons. The highest BCUT2D eigenvalue weighted by molar-refractivity contribution is 6.03. The Morgan fingerprint density at radius 3 is 1.64 bits per heavy atom. The summed E-state index contributed by atoms with van der Waals surface area (Å²) in [6, 6.07) is 52.5. The van der Waals surface area contributed by atoms with E-state index >= 15 is 0 Å². The fourth-order valence-electron chi connectivity index (χ4n) is 7.64. The lowest BCUT2D eigenvalue weighted by Crippen LogP contribution is -2.45. The van der Waals surface area contributed by atoms with E-state index in [9.17, 15) is 33.6 Å². The lowest BCUT2D eigenvalue weighted by atomic mass is 10.0. The van der Waals surface area contributed by atoms with Gasteiger partial charge in [0.2, 0.25) is 11.8 Å². The quantitative estimate of drug-likeness (QED) is 0.0245. The number of rotatable bonds is 27. The maximum atomic E-state index is 14.4. The number of benzene rings is 7. The third kappa shape index (κ3) is 18.6. The number of para-hydroxylation sites is 2. The van der Waals surface area contributed by atoms with Gasteiger partial charge in [-0.2, -0.15) is 0 Å². The van der Waals surface area contributed by atoms with E-state index in [1.165, 1.54) is 24.3 Å². The zero-order valence-electron chi connectivity index (χ0n) is 42.5. The van der Waals surface area contributed by atoms with Crippen LogP contribution < -0.4 is 36.5 Å². The highest BCUT2D eigenvalue weighted by atomic mass is 16.5. The first kappa shape index (κ1) is 56.1. The Kier molecular flexibility index (Phi) is 21.2. The van der Waals surface area contributed by atoms with Gasteiger partial charge in [0.05, 0.1) is 18.2 Å². The Labute approximate surface area is 451 Å². The van der Waals surface area contributed by atoms with E-state index in [1.54, 1.807) is 84.9 Å². The number of anilines is 2. The normalized spacial score (nSPS) is 11.8. The van der Waals surface area contributed by atoms with Gasteiger partial charge in [-0.15, -0.1) is 0 Å². The average molecular weight is 1050 g/mol. The third-order valence-electron chi connectivity index (χ3n) is 11.8. The van der Waals surface area contributed by atoms with Crippen LogP contribution in [0.25, 0.3) is 0 Å². The van der Waals surface area contributed by atoms with Crippen LogP contribution in [0.1, 0.15) is 57.4 Å². The average Bonchev–Trinajstić information content (AvgIpc) is 3.47. The number of amides is 4. The molecule has 17 heteroatoms. The molecule has 0 aliphatic heterocycles. The van der Waals surface area contributed by atoms with Crippen molar-refractivity contribution in [2.24, 2.45) is 5.73 Å². The molecule has 0 aliphatic rings. The number of nitrogens with two attached hydrogens (primary N) is 1. The van der Waals surface area contributed by atoms with Gasteiger partial charge in [0, 0.05) is 24.1 Å². The van der Waals surface area contributed by atoms with Crippen molar-refractivity contribution in [2.75, 3.05) is 17.2 Å². The minimum Gasteiger partial charge on any atom is -0.489 e. The van der Waals surface area contributed by atoms with Gasteiger partial charge in [0.15, 0.2) is 6.61 Å². The molecule has 0 saturated carbocycles. The molecule has 7 aromatic rings. The molecule has 0 aromatic heterocycles. The van der Waals surface area contributed by atoms with Crippen LogP contribution in [-0.2, 0) is 75.8 Å². The van der Waals surface area contributed by atoms with Gasteiger partial charge >= 0.3 is 17.9 Å². The van der Waals surface area contributed by atoms with Crippen molar-refractivity contribution >= 4 is 52.9 Å². The summed E-state index contributed by atoms with van der Waals surface area (Å²) in [5.41, 5.74) is 10.4. The van der Waals surface area contributed by atoms with Crippen LogP contribution in [0, 0.1) is 0 Å². The van der Waals surface area contributed by atoms with Crippen molar-refractivity contribution in [3.8, 4) is 11.5 Å². The number of hydrogen-bond acceptors (Lipinski definition) is 13. The van der Waals surface area contributed by atoms with Crippen molar-refractivity contribution < 1.29 is 57.2 Å². The highest BCUT2D eigenvalue weighted by Crippen LogP contribution is 2.25. The molecule has 7 aromatic carbocycles. The summed E-state index contributed by atoms with van der Waals surface area (Å²) < 4.78 is 28.1. The molecule has 4 amide bonds. The number of esters is 3. The van der Waals surface area contributed by atoms with Crippen LogP contribution in [0.15, 0.2) is 194 Å². The second-order valence-corrected chi connectivity index (χ2v) is 17.8. The van der Waals surface area contributed by atoms with E-state index in [4.69, 9.17) is 29.4 Å². The highest BCUT2D eigenvalue weighted by Gasteiger charge is 2.27. The van der Waals surface area contributed by atoms with Crippen molar-refractivity contribution in [3.63, 3.8) is 0 Å². The summed E-state index contributed by atoms with van der Waals surface area (Å²) in [6.07, 6.45) is -0.713. The van der Waals surface area contributed by atoms with Crippen molar-refractivity contribution in [3.05, 3.63) is 228 Å². The molecule has 0 spiro atoms. The van der Waals surface area contributed by atoms with Crippen molar-refractivity contribution in [1.29, 1.82) is 0 Å². The van der Waals surface area contributed by atoms with Crippen molar-refractivity contribution in [2.45, 2.75) is 70.2 Å². The van der Waals surface area contributed by atoms with Gasteiger partial charge in [0.25, 0.3) is 11.8 Å². The van der Waals surface area contributed by atoms with Crippen molar-refractivity contribution in [1.82, 2.24) is 10.6 Å². The topological polar surface area (TPSA) is 240 Å². The van der Waals surface area contributed by atoms with Crippen LogP contribution in [0.4, 0.5) is 11.4 Å². The molecular formula is C61H59N5O12. The first-order valence-electron chi connectivity index (χ1n) is 25.1. The number of nitrogens with one attached hydrogen (secondary N) is 4. The van der Waals surface area contributed by atoms with Gasteiger partial charge in [-0.25, -0.2) is 4.79 Å². The van der Waals surface area contributed by atoms with E-state index in [2.05, 4.69) is 21.3 Å². The fourth-order valence-corrected chi connectivity index (χ4v) is 7.64. The van der Waals surface area contributed by atoms with Crippen LogP contribution in [0.2, 0.25) is 0 Å². The molecular weight excluding hydrogens is 995 g/mol. The largest absolute Gasteiger partial charge is 0.489 e. The monoisotopic (exact) mass is 1050 g/mol. The Bertz CT molecular complexity index is 3090. The lowest BCUT2D eigenvalue weighted by molar-refractivity contribution is -0.151. The second-order valence-electron chi connectivity index (χ2n) is 17.8. The van der Waals surface area contributed by atoms with Gasteiger partial charge in [0.1, 0.15) is 50.0 Å². The number of ether oxygens (including phenoxy) is 5. The maximum absolute atomic E-state index is 14.4. The summed E-state index contributed by atoms with van der Waals surface area (Å²) >= 11 is 0. The molecule has 78 heavy (non-hydrogen) atoms. The zero-order valence-corrected chi connectivity index (χ0v) is 42.5. The van der Waals surface area contributed by atoms with E-state index in [0.29, 0.717) is 17.9 Å². The minimum atomic E-state index is -1.26. The standard InChI is InChI=1S/C61H59N5O12/c62-50(36-57(69)77-39-45-20-9-3-10-21-45)59(71)63-48-25-15-24-47(35-48)58(70)66-53(34-42-28-30-49(31-29-42)74-37-43-16-5-1-6-17-43)60(72)65-51-26-13-14-27-54(51)75-41-55(67)64-52(61(73)78-40-46-22-11-4-12-23-46)32-33-56(68)76-38-44-18-7-2-8-19-44/h1-31,35,50,52-53H,32-34,36-41,62H2,(H,63,71)(H,64,67)(H,65,72)(H,66,70)/t50-,52-,53-/m0/s1. The Morgan fingerprint density at radius 2 is 1.03 bits per heavy atom. The first-order valence-corrected chi connectivity index (χ1v) is 25.1. The maximum Gasteiger partial charge on any atom is 0.328 e. The van der Waals surface area contributed by atoms with Gasteiger partial charge in [-0.1, -0.05) is 152 Å². The minimum absolute atomic E-state index is 0.00911. The number of carbonyl (C=O) groups is 7. The van der Waals surface area contributed by atoms with E-state index in [0.717, 1.165) is 22.3 Å². The van der Waals surface area contributed by atoms with Gasteiger partial charge in [-0.3, -0.25) is 28.8 Å². The molecule has 0 fully saturated rings. The molecule has 3 atom stereocenters. The third-order valence-corrected chi connectivity index (χ3v) is 11.8. The van der Waals surface area contributed by atoms with Crippen LogP contribution >= 0.6 is 0 Å². The smallest absolute Gasteiger partial charge is 0.328 e. The second kappa shape index (κ2) is 29.5. The van der Waals surface area contributed by atoms with Crippen LogP contribution in [0.3, 0.4) is 0 Å². The lowest BCUT2D eigenvalue weighted by Gasteiger charge is -2.21. The molecule has 400 valence electrons. The van der Waals surface area contributed by atoms with E-state index < -0.39 is 66.3 Å². The summed E-state index contributed by atoms with van der Waals surface area (Å²) in [4.78, 5) is 93.5. The number of hydrogen-bond donors (Lipinski definition) is 5. The fraction of sp³-hybridized carbons (Fsp3) is 0.197. The molecule has 0 heterocycles. The van der Waals surface area contributed by atoms with Gasteiger partial charge in [-0.05, 0) is 76.7 Å². The molecule has 7 rings (SSSR count). The zero-order chi connectivity index (χ0) is 54.9. The Balaban J connectivity index is 0.999.